The van der Waals surface area contributed by atoms with Crippen LogP contribution in [0.25, 0.3) is 0 Å². The van der Waals surface area contributed by atoms with Crippen LogP contribution in [-0.2, 0) is 0 Å². The molecule has 2 aliphatic rings. The van der Waals surface area contributed by atoms with Crippen LogP contribution in [0.3, 0.4) is 0 Å². The molecule has 0 nitrogen and oxygen atoms in total. The Morgan fingerprint density at radius 2 is 1.30 bits per heavy atom. The lowest BCUT2D eigenvalue weighted by molar-refractivity contribution is 0.376. The Labute approximate surface area is 249 Å². The molecule has 0 N–H and O–H groups in total. The molecule has 2 rings (SSSR count). The maximum atomic E-state index is 2.41. The van der Waals surface area contributed by atoms with Crippen molar-refractivity contribution in [3.05, 3.63) is 106 Å². The summed E-state index contributed by atoms with van der Waals surface area (Å²) < 4.78 is 0. The van der Waals surface area contributed by atoms with Crippen molar-refractivity contribution >= 4 is 0 Å². The van der Waals surface area contributed by atoms with Crippen molar-refractivity contribution in [1.29, 1.82) is 0 Å². The standard InChI is InChI=1S/C40H60/c1-31(19-13-21-33(3)25-27-37-35(5)23-15-29-39(37,7)8)17-11-12-18-32(2)20-14-22-34(4)26-28-38-36(6)24-16-30-40(38,9)10/h11-14,17-19,22,25-28,33-34H,15-16,20-21,23-24,29-30H2,1-10H3/b12-11+,19-13+,22-14+,27-25+,28-26+,31-17+,32-18+. The normalized spacial score (nSPS) is 22.6. The lowest BCUT2D eigenvalue weighted by Gasteiger charge is -2.33. The first kappa shape index (κ1) is 33.9. The molecule has 0 aromatic rings. The molecule has 2 atom stereocenters. The Morgan fingerprint density at radius 1 is 0.750 bits per heavy atom. The van der Waals surface area contributed by atoms with Gasteiger partial charge in [0.2, 0.25) is 0 Å². The molecule has 0 saturated heterocycles. The second-order valence-electron chi connectivity index (χ2n) is 14.0. The summed E-state index contributed by atoms with van der Waals surface area (Å²) in [6, 6.07) is 0. The van der Waals surface area contributed by atoms with E-state index in [2.05, 4.69) is 142 Å². The minimum atomic E-state index is 0.315. The van der Waals surface area contributed by atoms with Gasteiger partial charge in [0.05, 0.1) is 0 Å². The molecule has 0 spiro atoms. The average Bonchev–Trinajstić information content (AvgIpc) is 2.85. The minimum Gasteiger partial charge on any atom is -0.0839 e. The Balaban J connectivity index is 1.78. The molecular weight excluding hydrogens is 480 g/mol. The molecule has 2 unspecified atom stereocenters. The van der Waals surface area contributed by atoms with E-state index < -0.39 is 0 Å². The van der Waals surface area contributed by atoms with E-state index in [9.17, 15) is 0 Å². The highest BCUT2D eigenvalue weighted by atomic mass is 14.3. The van der Waals surface area contributed by atoms with E-state index in [0.717, 1.165) is 12.8 Å². The Morgan fingerprint density at radius 3 is 1.88 bits per heavy atom. The fourth-order valence-corrected chi connectivity index (χ4v) is 6.16. The summed E-state index contributed by atoms with van der Waals surface area (Å²) in [5.41, 5.74) is 9.57. The molecule has 0 radical (unpaired) electrons. The molecule has 0 aliphatic heterocycles. The summed E-state index contributed by atoms with van der Waals surface area (Å²) in [6.45, 7) is 23.2. The lowest BCUT2D eigenvalue weighted by atomic mass is 9.72. The number of hydrogen-bond donors (Lipinski definition) is 0. The van der Waals surface area contributed by atoms with Crippen LogP contribution in [0.15, 0.2) is 106 Å². The number of allylic oxidation sites excluding steroid dienone is 18. The molecule has 0 aromatic heterocycles. The minimum absolute atomic E-state index is 0.315. The Bertz CT molecular complexity index is 1100. The van der Waals surface area contributed by atoms with Gasteiger partial charge in [-0.05, 0) is 113 Å². The molecular formula is C40H60. The largest absolute Gasteiger partial charge is 0.0839 e. The topological polar surface area (TPSA) is 0 Å². The van der Waals surface area contributed by atoms with Crippen LogP contribution in [0.2, 0.25) is 0 Å². The van der Waals surface area contributed by atoms with Gasteiger partial charge in [0, 0.05) is 0 Å². The van der Waals surface area contributed by atoms with Crippen LogP contribution in [0.1, 0.15) is 121 Å². The summed E-state index contributed by atoms with van der Waals surface area (Å²) in [6.07, 6.45) is 37.4. The third-order valence-electron chi connectivity index (χ3n) is 8.86. The van der Waals surface area contributed by atoms with Crippen LogP contribution < -0.4 is 0 Å². The Kier molecular flexibility index (Phi) is 13.7. The number of hydrogen-bond acceptors (Lipinski definition) is 0. The van der Waals surface area contributed by atoms with E-state index in [4.69, 9.17) is 0 Å². The highest BCUT2D eigenvalue weighted by Gasteiger charge is 2.27. The van der Waals surface area contributed by atoms with Crippen LogP contribution in [0.4, 0.5) is 0 Å². The zero-order valence-corrected chi connectivity index (χ0v) is 27.7. The first-order chi connectivity index (χ1) is 18.8. The second-order valence-corrected chi connectivity index (χ2v) is 14.0. The monoisotopic (exact) mass is 540 g/mol. The van der Waals surface area contributed by atoms with Gasteiger partial charge in [-0.3, -0.25) is 0 Å². The van der Waals surface area contributed by atoms with Gasteiger partial charge >= 0.3 is 0 Å². The zero-order valence-electron chi connectivity index (χ0n) is 27.7. The van der Waals surface area contributed by atoms with Crippen molar-refractivity contribution in [3.63, 3.8) is 0 Å². The van der Waals surface area contributed by atoms with Gasteiger partial charge < -0.3 is 0 Å². The molecule has 0 fully saturated rings. The summed E-state index contributed by atoms with van der Waals surface area (Å²) >= 11 is 0. The van der Waals surface area contributed by atoms with E-state index in [1.54, 1.807) is 22.3 Å². The fraction of sp³-hybridized carbons (Fsp3) is 0.550. The van der Waals surface area contributed by atoms with Gasteiger partial charge in [0.15, 0.2) is 0 Å². The molecule has 0 bridgehead atoms. The summed E-state index contributed by atoms with van der Waals surface area (Å²) in [5, 5.41) is 0. The fourth-order valence-electron chi connectivity index (χ4n) is 6.16. The van der Waals surface area contributed by atoms with Gasteiger partial charge in [0.25, 0.3) is 0 Å². The molecule has 0 aromatic carbocycles. The SMILES string of the molecule is CC1=C(/C=C/C(C)/C=C/C/C(C)=C/C=C/C=C(C)/C=C/CC(C)/C=C/C2=C(C)CCCC2(C)C)C(C)(C)CCC1. The van der Waals surface area contributed by atoms with Crippen molar-refractivity contribution in [2.45, 2.75) is 121 Å². The van der Waals surface area contributed by atoms with Gasteiger partial charge in [-0.1, -0.05) is 137 Å². The van der Waals surface area contributed by atoms with Gasteiger partial charge in [-0.25, -0.2) is 0 Å². The van der Waals surface area contributed by atoms with Crippen LogP contribution in [0, 0.1) is 22.7 Å². The summed E-state index contributed by atoms with van der Waals surface area (Å²) in [7, 11) is 0. The molecule has 40 heavy (non-hydrogen) atoms. The highest BCUT2D eigenvalue weighted by molar-refractivity contribution is 5.34. The van der Waals surface area contributed by atoms with Gasteiger partial charge in [-0.15, -0.1) is 0 Å². The van der Waals surface area contributed by atoms with Gasteiger partial charge in [-0.2, -0.15) is 0 Å². The van der Waals surface area contributed by atoms with E-state index >= 15 is 0 Å². The van der Waals surface area contributed by atoms with Crippen molar-refractivity contribution in [2.24, 2.45) is 22.7 Å². The van der Waals surface area contributed by atoms with E-state index in [0.29, 0.717) is 22.7 Å². The van der Waals surface area contributed by atoms with E-state index in [1.165, 1.54) is 49.7 Å². The third kappa shape index (κ3) is 11.6. The summed E-state index contributed by atoms with van der Waals surface area (Å²) in [5.74, 6) is 1.01. The van der Waals surface area contributed by atoms with Crippen LogP contribution in [-0.4, -0.2) is 0 Å². The molecule has 0 heteroatoms. The average molecular weight is 541 g/mol. The van der Waals surface area contributed by atoms with Crippen molar-refractivity contribution in [3.8, 4) is 0 Å². The van der Waals surface area contributed by atoms with Crippen molar-refractivity contribution in [2.75, 3.05) is 0 Å². The first-order valence-electron chi connectivity index (χ1n) is 15.9. The number of rotatable bonds is 12. The third-order valence-corrected chi connectivity index (χ3v) is 8.86. The lowest BCUT2D eigenvalue weighted by Crippen LogP contribution is -2.19. The highest BCUT2D eigenvalue weighted by Crippen LogP contribution is 2.41. The smallest absolute Gasteiger partial charge is 0.00786 e. The molecule has 0 saturated carbocycles. The van der Waals surface area contributed by atoms with Crippen LogP contribution >= 0.6 is 0 Å². The molecule has 2 aliphatic carbocycles. The summed E-state index contributed by atoms with van der Waals surface area (Å²) in [4.78, 5) is 0. The first-order valence-corrected chi connectivity index (χ1v) is 15.9. The molecule has 0 amide bonds. The second kappa shape index (κ2) is 16.2. The maximum absolute atomic E-state index is 2.41. The van der Waals surface area contributed by atoms with Crippen LogP contribution in [0.5, 0.6) is 0 Å². The predicted octanol–water partition coefficient (Wildman–Crippen LogP) is 12.8. The van der Waals surface area contributed by atoms with Gasteiger partial charge in [0.1, 0.15) is 0 Å². The zero-order chi connectivity index (χ0) is 29.8. The van der Waals surface area contributed by atoms with Crippen molar-refractivity contribution < 1.29 is 0 Å². The molecule has 0 heterocycles. The maximum Gasteiger partial charge on any atom is -0.00786 e. The van der Waals surface area contributed by atoms with E-state index in [1.807, 2.05) is 0 Å². The Hall–Kier alpha value is -2.34. The quantitative estimate of drug-likeness (QED) is 0.170. The molecule has 220 valence electrons. The van der Waals surface area contributed by atoms with Crippen molar-refractivity contribution in [1.82, 2.24) is 0 Å². The van der Waals surface area contributed by atoms with E-state index in [-0.39, 0.29) is 0 Å². The predicted molar refractivity (Wildman–Crippen MR) is 181 cm³/mol.